The molecule has 0 fully saturated rings. The molecule has 33 heavy (non-hydrogen) atoms. The highest BCUT2D eigenvalue weighted by Crippen LogP contribution is 2.60. The summed E-state index contributed by atoms with van der Waals surface area (Å²) in [6.45, 7) is 5.95. The van der Waals surface area contributed by atoms with Gasteiger partial charge in [0.05, 0.1) is 24.2 Å². The number of nitrogens with zero attached hydrogens (tertiary/aromatic N) is 2. The number of nitrogens with one attached hydrogen (secondary N) is 1. The van der Waals surface area contributed by atoms with Crippen LogP contribution in [0.3, 0.4) is 0 Å². The summed E-state index contributed by atoms with van der Waals surface area (Å²) in [6, 6.07) is 1.48. The normalized spacial score (nSPS) is 18.1. The molecular weight excluding hydrogens is 455 g/mol. The van der Waals surface area contributed by atoms with Gasteiger partial charge in [-0.3, -0.25) is 14.3 Å². The topological polar surface area (TPSA) is 193 Å². The van der Waals surface area contributed by atoms with Crippen LogP contribution in [0.25, 0.3) is 11.0 Å². The number of hydrogen-bond donors (Lipinski definition) is 6. The number of aliphatic hydroxyl groups excluding tert-OH is 2. The SMILES string of the molecule is CCC(C)(CCO[C@H]([C@H](O)CO)n1ccc2c(=O)[nH]c(N)nc21)OP(=O)(O)C(O)(CC)CC. The highest BCUT2D eigenvalue weighted by molar-refractivity contribution is 7.54. The summed E-state index contributed by atoms with van der Waals surface area (Å²) in [5.41, 5.74) is 4.22. The molecular formula is C20H35N4O8P. The zero-order chi connectivity index (χ0) is 25.0. The van der Waals surface area contributed by atoms with Gasteiger partial charge in [-0.05, 0) is 32.3 Å². The number of rotatable bonds is 13. The van der Waals surface area contributed by atoms with Gasteiger partial charge in [-0.15, -0.1) is 0 Å². The maximum absolute atomic E-state index is 12.8. The number of aliphatic hydroxyl groups is 3. The molecule has 0 radical (unpaired) electrons. The maximum Gasteiger partial charge on any atom is 0.359 e. The van der Waals surface area contributed by atoms with Crippen molar-refractivity contribution in [2.75, 3.05) is 18.9 Å². The number of nitrogens with two attached hydrogens (primary N) is 1. The van der Waals surface area contributed by atoms with E-state index in [4.69, 9.17) is 15.0 Å². The van der Waals surface area contributed by atoms with Crippen molar-refractivity contribution >= 4 is 24.6 Å². The molecule has 0 aliphatic carbocycles. The van der Waals surface area contributed by atoms with Crippen LogP contribution in [-0.2, 0) is 13.8 Å². The summed E-state index contributed by atoms with van der Waals surface area (Å²) >= 11 is 0. The van der Waals surface area contributed by atoms with Crippen molar-refractivity contribution in [3.05, 3.63) is 22.6 Å². The third-order valence-corrected chi connectivity index (χ3v) is 8.43. The van der Waals surface area contributed by atoms with E-state index in [1.165, 1.54) is 16.8 Å². The molecule has 7 N–H and O–H groups in total. The van der Waals surface area contributed by atoms with Gasteiger partial charge in [0.1, 0.15) is 6.10 Å². The minimum absolute atomic E-state index is 0.0406. The van der Waals surface area contributed by atoms with Crippen LogP contribution in [0.1, 0.15) is 59.6 Å². The number of anilines is 1. The second-order valence-corrected chi connectivity index (χ2v) is 10.3. The Morgan fingerprint density at radius 2 is 1.94 bits per heavy atom. The molecule has 12 nitrogen and oxygen atoms in total. The number of hydrogen-bond acceptors (Lipinski definition) is 9. The van der Waals surface area contributed by atoms with Crippen LogP contribution < -0.4 is 11.3 Å². The Morgan fingerprint density at radius 1 is 1.30 bits per heavy atom. The Hall–Kier alpha value is -1.79. The highest BCUT2D eigenvalue weighted by Gasteiger charge is 2.48. The van der Waals surface area contributed by atoms with Gasteiger partial charge in [0.15, 0.2) is 17.2 Å². The fraction of sp³-hybridized carbons (Fsp3) is 0.700. The van der Waals surface area contributed by atoms with Crippen LogP contribution in [0, 0.1) is 0 Å². The highest BCUT2D eigenvalue weighted by atomic mass is 31.2. The minimum Gasteiger partial charge on any atom is -0.394 e. The molecule has 0 spiro atoms. The van der Waals surface area contributed by atoms with Crippen molar-refractivity contribution in [1.82, 2.24) is 14.5 Å². The van der Waals surface area contributed by atoms with Crippen molar-refractivity contribution in [1.29, 1.82) is 0 Å². The number of ether oxygens (including phenoxy) is 1. The Morgan fingerprint density at radius 3 is 2.48 bits per heavy atom. The number of fused-ring (bicyclic) bond motifs is 1. The molecule has 0 aliphatic heterocycles. The molecule has 2 unspecified atom stereocenters. The summed E-state index contributed by atoms with van der Waals surface area (Å²) in [4.78, 5) is 29.0. The van der Waals surface area contributed by atoms with Crippen molar-refractivity contribution in [3.8, 4) is 0 Å². The number of H-pyrrole nitrogens is 1. The van der Waals surface area contributed by atoms with Crippen LogP contribution in [0.2, 0.25) is 0 Å². The van der Waals surface area contributed by atoms with Gasteiger partial charge < -0.3 is 39.8 Å². The van der Waals surface area contributed by atoms with E-state index in [2.05, 4.69) is 9.97 Å². The van der Waals surface area contributed by atoms with Gasteiger partial charge in [-0.2, -0.15) is 4.98 Å². The lowest BCUT2D eigenvalue weighted by atomic mass is 10.0. The van der Waals surface area contributed by atoms with E-state index >= 15 is 0 Å². The lowest BCUT2D eigenvalue weighted by molar-refractivity contribution is -0.107. The molecule has 0 saturated carbocycles. The standard InChI is InChI=1S/C20H35N4O8P/c1-5-19(4,32-33(29,30)20(28,6-2)7-3)9-11-31-17(14(26)12-25)24-10-8-13-15(24)22-18(21)23-16(13)27/h8,10,14,17,25-26,28H,5-7,9,11-12H2,1-4H3,(H,29,30)(H3,21,22,23,27)/t14-,17-,19?/m1/s1. The molecule has 2 aromatic rings. The minimum atomic E-state index is -4.39. The smallest absolute Gasteiger partial charge is 0.359 e. The maximum atomic E-state index is 12.8. The number of aromatic amines is 1. The summed E-state index contributed by atoms with van der Waals surface area (Å²) in [5.74, 6) is -0.116. The molecule has 0 aromatic carbocycles. The second-order valence-electron chi connectivity index (χ2n) is 8.28. The summed E-state index contributed by atoms with van der Waals surface area (Å²) in [7, 11) is -4.39. The van der Waals surface area contributed by atoms with E-state index in [-0.39, 0.29) is 42.9 Å². The van der Waals surface area contributed by atoms with Crippen molar-refractivity contribution in [2.24, 2.45) is 0 Å². The van der Waals surface area contributed by atoms with Crippen LogP contribution >= 0.6 is 7.60 Å². The summed E-state index contributed by atoms with van der Waals surface area (Å²) < 4.78 is 25.6. The van der Waals surface area contributed by atoms with Gasteiger partial charge in [0.25, 0.3) is 5.56 Å². The van der Waals surface area contributed by atoms with Crippen LogP contribution in [-0.4, -0.2) is 65.0 Å². The molecule has 2 aromatic heterocycles. The number of aromatic nitrogens is 3. The van der Waals surface area contributed by atoms with E-state index in [9.17, 15) is 29.6 Å². The van der Waals surface area contributed by atoms with Crippen molar-refractivity contribution in [2.45, 2.75) is 76.7 Å². The average Bonchev–Trinajstić information content (AvgIpc) is 3.18. The van der Waals surface area contributed by atoms with Gasteiger partial charge in [0, 0.05) is 12.6 Å². The first-order valence-electron chi connectivity index (χ1n) is 10.9. The fourth-order valence-corrected chi connectivity index (χ4v) is 5.24. The summed E-state index contributed by atoms with van der Waals surface area (Å²) in [5, 5.41) is 28.7. The quantitative estimate of drug-likeness (QED) is 0.224. The first-order valence-corrected chi connectivity index (χ1v) is 12.5. The van der Waals surface area contributed by atoms with Crippen LogP contribution in [0.5, 0.6) is 0 Å². The third kappa shape index (κ3) is 5.83. The Balaban J connectivity index is 2.24. The first-order chi connectivity index (χ1) is 15.4. The second kappa shape index (κ2) is 10.6. The van der Waals surface area contributed by atoms with Crippen LogP contribution in [0.4, 0.5) is 5.95 Å². The number of nitrogen functional groups attached to an aromatic ring is 1. The third-order valence-electron chi connectivity index (χ3n) is 6.06. The Labute approximate surface area is 191 Å². The Bertz CT molecular complexity index is 1040. The zero-order valence-corrected chi connectivity index (χ0v) is 20.3. The molecule has 0 aliphatic rings. The fourth-order valence-electron chi connectivity index (χ4n) is 3.45. The molecule has 2 heterocycles. The van der Waals surface area contributed by atoms with Crippen LogP contribution in [0.15, 0.2) is 17.1 Å². The van der Waals surface area contributed by atoms with E-state index in [0.717, 1.165) is 0 Å². The van der Waals surface area contributed by atoms with Gasteiger partial charge in [0.2, 0.25) is 5.95 Å². The molecule has 188 valence electrons. The zero-order valence-electron chi connectivity index (χ0n) is 19.4. The lowest BCUT2D eigenvalue weighted by Gasteiger charge is -2.37. The Kier molecular flexibility index (Phi) is 8.86. The molecule has 0 saturated heterocycles. The molecule has 0 bridgehead atoms. The van der Waals surface area contributed by atoms with E-state index in [1.54, 1.807) is 27.7 Å². The lowest BCUT2D eigenvalue weighted by Crippen LogP contribution is -2.36. The predicted octanol–water partition coefficient (Wildman–Crippen LogP) is 1.44. The van der Waals surface area contributed by atoms with Gasteiger partial charge in [-0.25, -0.2) is 0 Å². The molecule has 4 atom stereocenters. The largest absolute Gasteiger partial charge is 0.394 e. The first kappa shape index (κ1) is 27.5. The average molecular weight is 490 g/mol. The van der Waals surface area contributed by atoms with Crippen molar-refractivity contribution in [3.63, 3.8) is 0 Å². The monoisotopic (exact) mass is 490 g/mol. The van der Waals surface area contributed by atoms with Gasteiger partial charge >= 0.3 is 7.60 Å². The van der Waals surface area contributed by atoms with Gasteiger partial charge in [-0.1, -0.05) is 20.8 Å². The summed E-state index contributed by atoms with van der Waals surface area (Å²) in [6.07, 6.45) is -0.408. The van der Waals surface area contributed by atoms with E-state index in [0.29, 0.717) is 6.42 Å². The molecule has 2 rings (SSSR count). The molecule has 0 amide bonds. The van der Waals surface area contributed by atoms with E-state index < -0.39 is 43.0 Å². The van der Waals surface area contributed by atoms with E-state index in [1.807, 2.05) is 0 Å². The van der Waals surface area contributed by atoms with Crippen molar-refractivity contribution < 1.29 is 34.0 Å². The molecule has 13 heteroatoms. The predicted molar refractivity (Wildman–Crippen MR) is 123 cm³/mol.